The predicted molar refractivity (Wildman–Crippen MR) is 319 cm³/mol. The van der Waals surface area contributed by atoms with E-state index in [1.165, 1.54) is 0 Å². The Bertz CT molecular complexity index is 5240. The van der Waals surface area contributed by atoms with Crippen LogP contribution < -0.4 is 0 Å². The van der Waals surface area contributed by atoms with E-state index in [0.717, 1.165) is 0 Å². The van der Waals surface area contributed by atoms with Crippen LogP contribution in [0, 0.1) is 486 Å². The zero-order chi connectivity index (χ0) is 58.6. The summed E-state index contributed by atoms with van der Waals surface area (Å²) in [7, 11) is 0. The van der Waals surface area contributed by atoms with Crippen molar-refractivity contribution in [3.05, 3.63) is 6.42 Å². The molecule has 0 heteroatoms. The zero-order valence-electron chi connectivity index (χ0n) is 41.1. The lowest BCUT2D eigenvalue weighted by molar-refractivity contribution is 2.31. The van der Waals surface area contributed by atoms with Gasteiger partial charge in [0.05, 0.1) is 0 Å². The van der Waals surface area contributed by atoms with E-state index in [4.69, 9.17) is 12.8 Å². The fourth-order valence-electron chi connectivity index (χ4n) is 2.44. The highest BCUT2D eigenvalue weighted by atomic mass is 13.7. The maximum Gasteiger partial charge on any atom is 0 e. The van der Waals surface area contributed by atoms with Gasteiger partial charge >= 0.3 is 0 Å². The molecule has 0 spiro atoms. The first-order valence-corrected chi connectivity index (χ1v) is 20.3. The van der Waals surface area contributed by atoms with Gasteiger partial charge in [-0.3, -0.25) is 5.92 Å². The minimum absolute atomic E-state index is 1.87. The Labute approximate surface area is 483 Å². The summed E-state index contributed by atoms with van der Waals surface area (Å²) in [6, 6.07) is 0. The average Bonchev–Trinajstić information content (AvgIpc) is 3.48. The molecule has 0 aromatic carbocycles. The van der Waals surface area contributed by atoms with Crippen molar-refractivity contribution in [2.75, 3.05) is 0 Å². The number of terminal acetylenes is 1. The summed E-state index contributed by atoms with van der Waals surface area (Å²) in [5.41, 5.74) is 0. The van der Waals surface area contributed by atoms with Crippen LogP contribution >= 0.6 is 0 Å². The fraction of sp³-hybridized carbons (Fsp3) is 0. The smallest absolute Gasteiger partial charge is 0 e. The first-order chi connectivity index (χ1) is 40.9. The first kappa shape index (κ1) is 64.0. The van der Waals surface area contributed by atoms with Crippen LogP contribution in [0.5, 0.6) is 0 Å². The van der Waals surface area contributed by atoms with Gasteiger partial charge < -0.3 is 6.42 Å². The van der Waals surface area contributed by atoms with Crippen LogP contribution in [0.2, 0.25) is 0 Å². The van der Waals surface area contributed by atoms with Crippen molar-refractivity contribution in [2.24, 2.45) is 0 Å². The topological polar surface area (TPSA) is 0 Å². The van der Waals surface area contributed by atoms with Crippen molar-refractivity contribution in [1.29, 1.82) is 0 Å². The lowest BCUT2D eigenvalue weighted by Crippen LogP contribution is -1.57. The first-order valence-electron chi connectivity index (χ1n) is 20.3. The summed E-state index contributed by atoms with van der Waals surface area (Å²) in [5, 5.41) is 0. The van der Waals surface area contributed by atoms with Gasteiger partial charge in [0.1, 0.15) is 0 Å². The second-order valence-corrected chi connectivity index (χ2v) is 10.0. The Kier molecular flexibility index (Phi) is 49.1. The number of hydrogen-bond acceptors (Lipinski definition) is 0. The van der Waals surface area contributed by atoms with E-state index in [1.54, 1.807) is 0 Å². The van der Waals surface area contributed by atoms with Crippen molar-refractivity contribution < 1.29 is 0 Å². The van der Waals surface area contributed by atoms with Crippen LogP contribution in [0.15, 0.2) is 0 Å². The SMILES string of the molecule is [C-]#CC#CC#CC#CC#CC#CC#CC#CC#CC#CC#CC#CC#CC#CC#CC#CC#CC#CC#CC#CC#CC#CC#CC#CC#CC#CC#CC#CC#CC#CC#CC#CC#CC#CC#CC#CC#CC#CC#CC#CC#C. The van der Waals surface area contributed by atoms with E-state index in [-0.39, 0.29) is 0 Å². The molecule has 0 radical (unpaired) electrons. The van der Waals surface area contributed by atoms with Crippen LogP contribution in [0.3, 0.4) is 0 Å². The summed E-state index contributed by atoms with van der Waals surface area (Å²) < 4.78 is 0. The largest absolute Gasteiger partial charge is 0.358 e. The molecule has 0 saturated heterocycles. The maximum atomic E-state index is 6.58. The minimum Gasteiger partial charge on any atom is -0.358 e. The van der Waals surface area contributed by atoms with Crippen molar-refractivity contribution in [3.63, 3.8) is 0 Å². The minimum atomic E-state index is 1.87. The van der Waals surface area contributed by atoms with Gasteiger partial charge in [0.2, 0.25) is 0 Å². The molecule has 0 atom stereocenters. The van der Waals surface area contributed by atoms with Crippen LogP contribution in [0.1, 0.15) is 0 Å². The predicted octanol–water partition coefficient (Wildman–Crippen LogP) is 0.342. The quantitative estimate of drug-likeness (QED) is 0.243. The molecule has 0 fully saturated rings. The van der Waals surface area contributed by atoms with E-state index < -0.39 is 0 Å². The molecule has 0 aliphatic carbocycles. The van der Waals surface area contributed by atoms with E-state index in [9.17, 15) is 0 Å². The van der Waals surface area contributed by atoms with Gasteiger partial charge in [0.25, 0.3) is 0 Å². The van der Waals surface area contributed by atoms with E-state index in [1.807, 2.05) is 5.92 Å². The molecule has 330 valence electrons. The van der Waals surface area contributed by atoms with Crippen LogP contribution in [-0.4, -0.2) is 0 Å². The highest BCUT2D eigenvalue weighted by Crippen LogP contribution is 1.65. The van der Waals surface area contributed by atoms with Crippen LogP contribution in [-0.2, 0) is 0 Å². The molecule has 0 aliphatic rings. The Morgan fingerprint density at radius 2 is 0.159 bits per heavy atom. The monoisotopic (exact) mass is 985 g/mol. The van der Waals surface area contributed by atoms with Crippen molar-refractivity contribution >= 4 is 0 Å². The molecular formula is C82H-. The van der Waals surface area contributed by atoms with Gasteiger partial charge in [0.15, 0.2) is 0 Å². The van der Waals surface area contributed by atoms with Crippen LogP contribution in [0.4, 0.5) is 0 Å². The summed E-state index contributed by atoms with van der Waals surface area (Å²) in [5.74, 6) is 197. The van der Waals surface area contributed by atoms with Gasteiger partial charge in [-0.2, -0.15) is 0 Å². The Balaban J connectivity index is 4.62. The fourth-order valence-corrected chi connectivity index (χ4v) is 2.44. The second kappa shape index (κ2) is 63.0. The summed E-state index contributed by atoms with van der Waals surface area (Å²) in [4.78, 5) is 0. The second-order valence-electron chi connectivity index (χ2n) is 10.0. The standard InChI is InChI=1S/C82H/c1-3-5-7-9-11-13-15-17-19-21-23-25-27-29-31-33-35-37-39-41-43-45-47-49-51-53-55-57-59-61-63-65-67-69-71-73-75-77-79-81-82-80-78-76-74-72-70-68-66-64-62-60-58-56-54-52-50-48-46-44-42-40-38-36-34-32-30-28-26-24-22-20-18-16-14-12-10-8-6-4-2/h1H/q-1. The molecule has 0 amide bonds. The third-order valence-electron chi connectivity index (χ3n) is 4.95. The summed E-state index contributed by atoms with van der Waals surface area (Å²) >= 11 is 0. The van der Waals surface area contributed by atoms with Crippen molar-refractivity contribution in [3.8, 4) is 480 Å². The maximum absolute atomic E-state index is 6.58. The normalized spacial score (nSPS) is 3.93. The molecule has 0 saturated carbocycles. The van der Waals surface area contributed by atoms with Crippen molar-refractivity contribution in [1.82, 2.24) is 0 Å². The van der Waals surface area contributed by atoms with Gasteiger partial charge in [-0.05, 0) is 94.7 Å². The number of rotatable bonds is 0. The third kappa shape index (κ3) is 62.0. The molecule has 0 aromatic rings. The molecule has 0 aliphatic heterocycles. The molecule has 0 bridgehead atoms. The summed E-state index contributed by atoms with van der Waals surface area (Å²) in [6.07, 6.45) is 11.5. The zero-order valence-corrected chi connectivity index (χ0v) is 41.1. The van der Waals surface area contributed by atoms with E-state index in [0.29, 0.717) is 0 Å². The van der Waals surface area contributed by atoms with E-state index >= 15 is 0 Å². The summed E-state index contributed by atoms with van der Waals surface area (Å²) in [6.45, 7) is 0. The highest BCUT2D eigenvalue weighted by molar-refractivity contribution is 5.54. The highest BCUT2D eigenvalue weighted by Gasteiger charge is 1.65. The van der Waals surface area contributed by atoms with Crippen LogP contribution in [0.25, 0.3) is 0 Å². The van der Waals surface area contributed by atoms with Gasteiger partial charge in [-0.25, -0.2) is 5.92 Å². The molecular weight excluding hydrogens is 985 g/mol. The molecule has 82 heavy (non-hydrogen) atoms. The lowest BCUT2D eigenvalue weighted by Gasteiger charge is -1.63. The van der Waals surface area contributed by atoms with Gasteiger partial charge in [-0.15, -0.1) is 12.3 Å². The molecule has 0 unspecified atom stereocenters. The average molecular weight is 986 g/mol. The molecule has 0 heterocycles. The molecule has 0 aromatic heterocycles. The van der Waals surface area contributed by atoms with Gasteiger partial charge in [-0.1, -0.05) is 0 Å². The lowest BCUT2D eigenvalue weighted by atomic mass is 10.4. The Morgan fingerprint density at radius 3 is 0.220 bits per heavy atom. The third-order valence-corrected chi connectivity index (χ3v) is 4.95. The Hall–Kier alpha value is -18.0. The molecule has 0 N–H and O–H groups in total. The number of hydrogen-bond donors (Lipinski definition) is 0. The van der Waals surface area contributed by atoms with Crippen molar-refractivity contribution in [2.45, 2.75) is 0 Å². The van der Waals surface area contributed by atoms with Gasteiger partial charge in [0, 0.05) is 361 Å². The van der Waals surface area contributed by atoms with E-state index in [2.05, 4.69) is 468 Å². The molecule has 0 nitrogen and oxygen atoms in total. The molecule has 0 rings (SSSR count). The Morgan fingerprint density at radius 1 is 0.0976 bits per heavy atom.